The van der Waals surface area contributed by atoms with Crippen LogP contribution in [-0.4, -0.2) is 44.4 Å². The second-order valence-corrected chi connectivity index (χ2v) is 8.68. The van der Waals surface area contributed by atoms with Crippen molar-refractivity contribution in [3.63, 3.8) is 0 Å². The molecule has 2 aromatic carbocycles. The van der Waals surface area contributed by atoms with Gasteiger partial charge in [0.25, 0.3) is 0 Å². The van der Waals surface area contributed by atoms with E-state index in [0.29, 0.717) is 43.4 Å². The van der Waals surface area contributed by atoms with Gasteiger partial charge in [0.05, 0.1) is 4.90 Å². The van der Waals surface area contributed by atoms with Crippen LogP contribution in [-0.2, 0) is 14.8 Å². The van der Waals surface area contributed by atoms with E-state index in [4.69, 9.17) is 9.47 Å². The van der Waals surface area contributed by atoms with Gasteiger partial charge in [0, 0.05) is 18.3 Å². The maximum absolute atomic E-state index is 13.1. The van der Waals surface area contributed by atoms with E-state index in [1.165, 1.54) is 4.31 Å². The third-order valence-corrected chi connectivity index (χ3v) is 6.84. The van der Waals surface area contributed by atoms with Crippen LogP contribution in [0.3, 0.4) is 0 Å². The van der Waals surface area contributed by atoms with Gasteiger partial charge in [-0.3, -0.25) is 4.79 Å². The number of carbonyl (C=O) groups is 1. The van der Waals surface area contributed by atoms with Gasteiger partial charge in [0.15, 0.2) is 11.5 Å². The van der Waals surface area contributed by atoms with E-state index in [-0.39, 0.29) is 10.8 Å². The molecule has 0 aromatic heterocycles. The Kier molecular flexibility index (Phi) is 5.23. The summed E-state index contributed by atoms with van der Waals surface area (Å²) in [5.74, 6) is 0.868. The standard InChI is InChI=1S/C20H22N2O5S/c23-20(21-15-9-10-18-19(14-15)27-13-12-26-18)17-8-4-5-11-22(17)28(24,25)16-6-2-1-3-7-16/h1-3,6-7,9-10,14,17H,4-5,8,11-13H2,(H,21,23)/t17-/m0/s1. The number of hydrogen-bond acceptors (Lipinski definition) is 5. The minimum atomic E-state index is -3.74. The highest BCUT2D eigenvalue weighted by molar-refractivity contribution is 7.89. The Morgan fingerprint density at radius 3 is 2.54 bits per heavy atom. The van der Waals surface area contributed by atoms with Gasteiger partial charge >= 0.3 is 0 Å². The van der Waals surface area contributed by atoms with Gasteiger partial charge < -0.3 is 14.8 Å². The summed E-state index contributed by atoms with van der Waals surface area (Å²) in [5, 5.41) is 2.83. The molecule has 0 aliphatic carbocycles. The van der Waals surface area contributed by atoms with E-state index >= 15 is 0 Å². The van der Waals surface area contributed by atoms with E-state index in [2.05, 4.69) is 5.32 Å². The van der Waals surface area contributed by atoms with Crippen LogP contribution in [0.25, 0.3) is 0 Å². The number of carbonyl (C=O) groups excluding carboxylic acids is 1. The molecule has 1 saturated heterocycles. The lowest BCUT2D eigenvalue weighted by atomic mass is 10.0. The quantitative estimate of drug-likeness (QED) is 0.850. The largest absolute Gasteiger partial charge is 0.486 e. The number of benzene rings is 2. The molecule has 7 nitrogen and oxygen atoms in total. The van der Waals surface area contributed by atoms with Crippen molar-refractivity contribution in [3.8, 4) is 11.5 Å². The predicted molar refractivity (Wildman–Crippen MR) is 104 cm³/mol. The number of amides is 1. The first kappa shape index (κ1) is 18.8. The van der Waals surface area contributed by atoms with Crippen LogP contribution >= 0.6 is 0 Å². The third kappa shape index (κ3) is 3.70. The number of ether oxygens (including phenoxy) is 2. The summed E-state index contributed by atoms with van der Waals surface area (Å²) >= 11 is 0. The third-order valence-electron chi connectivity index (χ3n) is 4.92. The molecule has 0 radical (unpaired) electrons. The first-order valence-electron chi connectivity index (χ1n) is 9.33. The molecule has 148 valence electrons. The minimum absolute atomic E-state index is 0.203. The van der Waals surface area contributed by atoms with Gasteiger partial charge in [0.2, 0.25) is 15.9 Å². The van der Waals surface area contributed by atoms with Crippen molar-refractivity contribution in [2.24, 2.45) is 0 Å². The summed E-state index contributed by atoms with van der Waals surface area (Å²) < 4.78 is 38.5. The molecule has 0 saturated carbocycles. The SMILES string of the molecule is O=C(Nc1ccc2c(c1)OCCO2)[C@@H]1CCCCN1S(=O)(=O)c1ccccc1. The molecule has 8 heteroatoms. The van der Waals surface area contributed by atoms with E-state index in [1.54, 1.807) is 48.5 Å². The van der Waals surface area contributed by atoms with Crippen molar-refractivity contribution in [2.75, 3.05) is 25.1 Å². The Balaban J connectivity index is 1.55. The minimum Gasteiger partial charge on any atom is -0.486 e. The van der Waals surface area contributed by atoms with E-state index in [9.17, 15) is 13.2 Å². The van der Waals surface area contributed by atoms with Crippen molar-refractivity contribution in [1.29, 1.82) is 0 Å². The summed E-state index contributed by atoms with van der Waals surface area (Å²) in [4.78, 5) is 13.1. The van der Waals surface area contributed by atoms with Crippen LogP contribution < -0.4 is 14.8 Å². The highest BCUT2D eigenvalue weighted by atomic mass is 32.2. The number of nitrogens with one attached hydrogen (secondary N) is 1. The zero-order valence-electron chi connectivity index (χ0n) is 15.3. The Morgan fingerprint density at radius 2 is 1.75 bits per heavy atom. The molecule has 2 aliphatic heterocycles. The van der Waals surface area contributed by atoms with Gasteiger partial charge in [-0.1, -0.05) is 24.6 Å². The molecule has 1 atom stereocenters. The van der Waals surface area contributed by atoms with Crippen LogP contribution in [0.5, 0.6) is 11.5 Å². The Hall–Kier alpha value is -2.58. The summed E-state index contributed by atoms with van der Waals surface area (Å²) in [7, 11) is -3.74. The molecule has 0 spiro atoms. The first-order chi connectivity index (χ1) is 13.6. The highest BCUT2D eigenvalue weighted by Crippen LogP contribution is 2.33. The highest BCUT2D eigenvalue weighted by Gasteiger charge is 2.37. The van der Waals surface area contributed by atoms with Crippen molar-refractivity contribution < 1.29 is 22.7 Å². The number of nitrogens with zero attached hydrogens (tertiary/aromatic N) is 1. The van der Waals surface area contributed by atoms with E-state index in [0.717, 1.165) is 12.8 Å². The average Bonchev–Trinajstić information content (AvgIpc) is 2.74. The van der Waals surface area contributed by atoms with Crippen molar-refractivity contribution >= 4 is 21.6 Å². The maximum Gasteiger partial charge on any atom is 0.243 e. The molecule has 2 heterocycles. The maximum atomic E-state index is 13.1. The van der Waals surface area contributed by atoms with Gasteiger partial charge in [-0.05, 0) is 37.1 Å². The number of sulfonamides is 1. The molecule has 1 amide bonds. The number of fused-ring (bicyclic) bond motifs is 1. The van der Waals surface area contributed by atoms with Gasteiger partial charge in [0.1, 0.15) is 19.3 Å². The molecular weight excluding hydrogens is 380 g/mol. The monoisotopic (exact) mass is 402 g/mol. The fourth-order valence-electron chi connectivity index (χ4n) is 3.53. The molecule has 4 rings (SSSR count). The van der Waals surface area contributed by atoms with Crippen LogP contribution in [0.15, 0.2) is 53.4 Å². The number of piperidine rings is 1. The Bertz CT molecular complexity index is 962. The lowest BCUT2D eigenvalue weighted by Gasteiger charge is -2.33. The molecule has 28 heavy (non-hydrogen) atoms. The smallest absolute Gasteiger partial charge is 0.243 e. The van der Waals surface area contributed by atoms with Crippen LogP contribution in [0.1, 0.15) is 19.3 Å². The number of rotatable bonds is 4. The molecule has 2 aliphatic rings. The van der Waals surface area contributed by atoms with Gasteiger partial charge in [-0.25, -0.2) is 8.42 Å². The predicted octanol–water partition coefficient (Wildman–Crippen LogP) is 2.64. The molecule has 1 N–H and O–H groups in total. The zero-order valence-corrected chi connectivity index (χ0v) is 16.2. The summed E-state index contributed by atoms with van der Waals surface area (Å²) in [5.41, 5.74) is 0.553. The van der Waals surface area contributed by atoms with Crippen LogP contribution in [0, 0.1) is 0 Å². The molecule has 0 unspecified atom stereocenters. The van der Waals surface area contributed by atoms with E-state index < -0.39 is 16.1 Å². The second-order valence-electron chi connectivity index (χ2n) is 6.79. The number of anilines is 1. The first-order valence-corrected chi connectivity index (χ1v) is 10.8. The average molecular weight is 402 g/mol. The van der Waals surface area contributed by atoms with Crippen LogP contribution in [0.2, 0.25) is 0 Å². The summed E-state index contributed by atoms with van der Waals surface area (Å²) in [6, 6.07) is 12.7. The molecule has 2 aromatic rings. The van der Waals surface area contributed by atoms with Crippen molar-refractivity contribution in [2.45, 2.75) is 30.2 Å². The van der Waals surface area contributed by atoms with Gasteiger partial charge in [-0.15, -0.1) is 0 Å². The number of hydrogen-bond donors (Lipinski definition) is 1. The molecular formula is C20H22N2O5S. The second kappa shape index (κ2) is 7.81. The van der Waals surface area contributed by atoms with Gasteiger partial charge in [-0.2, -0.15) is 4.31 Å². The summed E-state index contributed by atoms with van der Waals surface area (Å²) in [6.45, 7) is 1.28. The van der Waals surface area contributed by atoms with E-state index in [1.807, 2.05) is 0 Å². The van der Waals surface area contributed by atoms with Crippen LogP contribution in [0.4, 0.5) is 5.69 Å². The fourth-order valence-corrected chi connectivity index (χ4v) is 5.21. The van der Waals surface area contributed by atoms with Crippen molar-refractivity contribution in [3.05, 3.63) is 48.5 Å². The Morgan fingerprint density at radius 1 is 1.00 bits per heavy atom. The molecule has 1 fully saturated rings. The van der Waals surface area contributed by atoms with Crippen molar-refractivity contribution in [1.82, 2.24) is 4.31 Å². The Labute approximate surface area is 164 Å². The fraction of sp³-hybridized carbons (Fsp3) is 0.350. The lowest BCUT2D eigenvalue weighted by molar-refractivity contribution is -0.120. The summed E-state index contributed by atoms with van der Waals surface area (Å²) in [6.07, 6.45) is 2.03. The molecule has 0 bridgehead atoms. The normalized spacial score (nSPS) is 19.8. The topological polar surface area (TPSA) is 84.9 Å². The zero-order chi connectivity index (χ0) is 19.6. The lowest BCUT2D eigenvalue weighted by Crippen LogP contribution is -2.49.